The molecule has 3 aromatic rings. The number of carbonyl (C=O) groups is 1. The standard InChI is InChI=1S/C20H19ClN4O5/c1-29-12-17(26)22-15-4-3-5-16(10-15)25-20(28)24(19(27)18(23-25)30-2)11-13-6-8-14(21)9-7-13/h3-10H,11-12H2,1-2H3,(H,22,26). The van der Waals surface area contributed by atoms with Crippen LogP contribution in [0.3, 0.4) is 0 Å². The minimum atomic E-state index is -0.656. The zero-order chi connectivity index (χ0) is 21.7. The summed E-state index contributed by atoms with van der Waals surface area (Å²) < 4.78 is 11.9. The average molecular weight is 431 g/mol. The van der Waals surface area contributed by atoms with Gasteiger partial charge >= 0.3 is 11.2 Å². The fraction of sp³-hybridized carbons (Fsp3) is 0.200. The van der Waals surface area contributed by atoms with Crippen LogP contribution in [0, 0.1) is 0 Å². The van der Waals surface area contributed by atoms with Gasteiger partial charge in [0, 0.05) is 17.8 Å². The molecule has 30 heavy (non-hydrogen) atoms. The third kappa shape index (κ3) is 4.76. The summed E-state index contributed by atoms with van der Waals surface area (Å²) in [6.07, 6.45) is 0. The number of carbonyl (C=O) groups excluding carboxylic acids is 1. The van der Waals surface area contributed by atoms with Gasteiger partial charge in [0.1, 0.15) is 6.61 Å². The van der Waals surface area contributed by atoms with Crippen LogP contribution >= 0.6 is 11.6 Å². The van der Waals surface area contributed by atoms with Crippen LogP contribution in [0.25, 0.3) is 5.69 Å². The van der Waals surface area contributed by atoms with Crippen molar-refractivity contribution in [3.63, 3.8) is 0 Å². The van der Waals surface area contributed by atoms with E-state index in [2.05, 4.69) is 10.4 Å². The van der Waals surface area contributed by atoms with Gasteiger partial charge in [0.25, 0.3) is 5.88 Å². The maximum Gasteiger partial charge on any atom is 0.352 e. The van der Waals surface area contributed by atoms with Crippen LogP contribution < -0.4 is 21.3 Å². The summed E-state index contributed by atoms with van der Waals surface area (Å²) in [7, 11) is 2.71. The first-order valence-electron chi connectivity index (χ1n) is 8.84. The molecule has 1 aromatic heterocycles. The second-order valence-corrected chi connectivity index (χ2v) is 6.69. The van der Waals surface area contributed by atoms with E-state index in [9.17, 15) is 14.4 Å². The molecule has 0 saturated carbocycles. The Hall–Kier alpha value is -3.43. The monoisotopic (exact) mass is 430 g/mol. The van der Waals surface area contributed by atoms with Crippen LogP contribution in [0.2, 0.25) is 5.02 Å². The number of benzene rings is 2. The molecule has 9 nitrogen and oxygen atoms in total. The molecule has 0 atom stereocenters. The van der Waals surface area contributed by atoms with Gasteiger partial charge in [-0.25, -0.2) is 9.36 Å². The van der Waals surface area contributed by atoms with Crippen LogP contribution in [-0.2, 0) is 16.1 Å². The Bertz CT molecular complexity index is 1170. The number of halogens is 1. The number of ether oxygens (including phenoxy) is 2. The molecule has 0 radical (unpaired) electrons. The first-order chi connectivity index (χ1) is 14.4. The fourth-order valence-electron chi connectivity index (χ4n) is 2.74. The Kier molecular flexibility index (Phi) is 6.65. The maximum atomic E-state index is 13.0. The van der Waals surface area contributed by atoms with Crippen molar-refractivity contribution in [3.05, 3.63) is 80.0 Å². The van der Waals surface area contributed by atoms with Gasteiger partial charge in [-0.2, -0.15) is 4.68 Å². The van der Waals surface area contributed by atoms with E-state index >= 15 is 0 Å². The van der Waals surface area contributed by atoms with Gasteiger partial charge in [0.05, 0.1) is 19.3 Å². The molecular weight excluding hydrogens is 412 g/mol. The number of nitrogens with one attached hydrogen (secondary N) is 1. The molecule has 0 unspecified atom stereocenters. The van der Waals surface area contributed by atoms with Gasteiger partial charge < -0.3 is 14.8 Å². The molecule has 156 valence electrons. The van der Waals surface area contributed by atoms with E-state index in [1.165, 1.54) is 14.2 Å². The summed E-state index contributed by atoms with van der Waals surface area (Å²) in [4.78, 5) is 37.4. The lowest BCUT2D eigenvalue weighted by molar-refractivity contribution is -0.119. The van der Waals surface area contributed by atoms with E-state index in [0.29, 0.717) is 22.0 Å². The minimum absolute atomic E-state index is 0.0119. The van der Waals surface area contributed by atoms with Crippen molar-refractivity contribution in [3.8, 4) is 11.6 Å². The molecule has 0 spiro atoms. The summed E-state index contributed by atoms with van der Waals surface area (Å²) in [5.74, 6) is -0.586. The largest absolute Gasteiger partial charge is 0.476 e. The highest BCUT2D eigenvalue weighted by Crippen LogP contribution is 2.14. The number of anilines is 1. The van der Waals surface area contributed by atoms with Gasteiger partial charge in [-0.1, -0.05) is 29.8 Å². The zero-order valence-corrected chi connectivity index (χ0v) is 17.0. The van der Waals surface area contributed by atoms with Gasteiger partial charge in [0.2, 0.25) is 5.91 Å². The molecule has 0 aliphatic carbocycles. The molecule has 1 N–H and O–H groups in total. The molecule has 0 aliphatic rings. The van der Waals surface area contributed by atoms with Crippen molar-refractivity contribution in [2.45, 2.75) is 6.54 Å². The first kappa shape index (κ1) is 21.3. The second kappa shape index (κ2) is 9.38. The van der Waals surface area contributed by atoms with Gasteiger partial charge in [0.15, 0.2) is 0 Å². The zero-order valence-electron chi connectivity index (χ0n) is 16.3. The van der Waals surface area contributed by atoms with Crippen molar-refractivity contribution < 1.29 is 14.3 Å². The molecular formula is C20H19ClN4O5. The molecule has 0 bridgehead atoms. The predicted octanol–water partition coefficient (Wildman–Crippen LogP) is 1.69. The lowest BCUT2D eigenvalue weighted by Crippen LogP contribution is -2.41. The number of hydrogen-bond donors (Lipinski definition) is 1. The number of aromatic nitrogens is 3. The normalized spacial score (nSPS) is 10.6. The third-order valence-electron chi connectivity index (χ3n) is 4.13. The summed E-state index contributed by atoms with van der Waals surface area (Å²) >= 11 is 5.90. The van der Waals surface area contributed by atoms with Gasteiger partial charge in [-0.3, -0.25) is 9.59 Å². The number of methoxy groups -OCH3 is 2. The Morgan fingerprint density at radius 3 is 2.53 bits per heavy atom. The van der Waals surface area contributed by atoms with E-state index in [1.807, 2.05) is 0 Å². The van der Waals surface area contributed by atoms with Crippen LogP contribution in [0.4, 0.5) is 5.69 Å². The van der Waals surface area contributed by atoms with Crippen LogP contribution in [0.1, 0.15) is 5.56 Å². The molecule has 10 heteroatoms. The number of amides is 1. The first-order valence-corrected chi connectivity index (χ1v) is 9.22. The Morgan fingerprint density at radius 2 is 1.87 bits per heavy atom. The van der Waals surface area contributed by atoms with Crippen molar-refractivity contribution in [1.29, 1.82) is 0 Å². The Labute approximate surface area is 176 Å². The quantitative estimate of drug-likeness (QED) is 0.611. The van der Waals surface area contributed by atoms with Crippen molar-refractivity contribution in [2.24, 2.45) is 0 Å². The highest BCUT2D eigenvalue weighted by atomic mass is 35.5. The summed E-state index contributed by atoms with van der Waals surface area (Å²) in [5, 5.41) is 7.22. The molecule has 0 fully saturated rings. The molecule has 1 amide bonds. The fourth-order valence-corrected chi connectivity index (χ4v) is 2.87. The van der Waals surface area contributed by atoms with E-state index in [-0.39, 0.29) is 24.9 Å². The maximum absolute atomic E-state index is 13.0. The average Bonchev–Trinajstić information content (AvgIpc) is 2.73. The van der Waals surface area contributed by atoms with E-state index in [4.69, 9.17) is 21.1 Å². The third-order valence-corrected chi connectivity index (χ3v) is 4.38. The lowest BCUT2D eigenvalue weighted by atomic mass is 10.2. The number of hydrogen-bond acceptors (Lipinski definition) is 6. The number of rotatable bonds is 7. The smallest absolute Gasteiger partial charge is 0.352 e. The van der Waals surface area contributed by atoms with Gasteiger partial charge in [-0.05, 0) is 35.9 Å². The van der Waals surface area contributed by atoms with Crippen molar-refractivity contribution in [2.75, 3.05) is 26.1 Å². The summed E-state index contributed by atoms with van der Waals surface area (Å²) in [5.41, 5.74) is 0.185. The lowest BCUT2D eigenvalue weighted by Gasteiger charge is -2.12. The molecule has 0 saturated heterocycles. The van der Waals surface area contributed by atoms with Gasteiger partial charge in [-0.15, -0.1) is 5.10 Å². The van der Waals surface area contributed by atoms with E-state index < -0.39 is 11.2 Å². The van der Waals surface area contributed by atoms with Crippen molar-refractivity contribution in [1.82, 2.24) is 14.3 Å². The highest BCUT2D eigenvalue weighted by molar-refractivity contribution is 6.30. The summed E-state index contributed by atoms with van der Waals surface area (Å²) in [6, 6.07) is 13.3. The highest BCUT2D eigenvalue weighted by Gasteiger charge is 2.16. The minimum Gasteiger partial charge on any atom is -0.476 e. The summed E-state index contributed by atoms with van der Waals surface area (Å²) in [6.45, 7) is -0.0970. The van der Waals surface area contributed by atoms with E-state index in [0.717, 1.165) is 9.25 Å². The SMILES string of the molecule is COCC(=O)Nc1cccc(-n2nc(OC)c(=O)n(Cc3ccc(Cl)cc3)c2=O)c1. The second-order valence-electron chi connectivity index (χ2n) is 6.25. The predicted molar refractivity (Wildman–Crippen MR) is 112 cm³/mol. The van der Waals surface area contributed by atoms with Crippen LogP contribution in [0.5, 0.6) is 5.88 Å². The van der Waals surface area contributed by atoms with Crippen molar-refractivity contribution >= 4 is 23.2 Å². The van der Waals surface area contributed by atoms with Crippen LogP contribution in [0.15, 0.2) is 58.1 Å². The topological polar surface area (TPSA) is 104 Å². The Morgan fingerprint density at radius 1 is 1.13 bits per heavy atom. The molecule has 2 aromatic carbocycles. The van der Waals surface area contributed by atoms with Crippen LogP contribution in [-0.4, -0.2) is 41.1 Å². The molecule has 1 heterocycles. The van der Waals surface area contributed by atoms with E-state index in [1.54, 1.807) is 48.5 Å². The molecule has 3 rings (SSSR count). The number of nitrogens with zero attached hydrogens (tertiary/aromatic N) is 3. The Balaban J connectivity index is 2.05. The molecule has 0 aliphatic heterocycles.